The van der Waals surface area contributed by atoms with Gasteiger partial charge < -0.3 is 37.0 Å². The fourth-order valence-corrected chi connectivity index (χ4v) is 3.18. The number of carboxylic acid groups (broad SMARTS) is 2. The third-order valence-electron chi connectivity index (χ3n) is 5.06. The number of carboxylic acids is 2. The molecule has 0 aliphatic carbocycles. The molecule has 0 spiro atoms. The lowest BCUT2D eigenvalue weighted by Gasteiger charge is -2.26. The smallest absolute Gasteiger partial charge is 0.328 e. The summed E-state index contributed by atoms with van der Waals surface area (Å²) in [4.78, 5) is 60.3. The highest BCUT2D eigenvalue weighted by atomic mass is 16.4. The van der Waals surface area contributed by atoms with E-state index in [2.05, 4.69) is 16.0 Å². The number of carbonyl (C=O) groups excluding carboxylic acids is 3. The lowest BCUT2D eigenvalue weighted by atomic mass is 10.0. The van der Waals surface area contributed by atoms with E-state index in [4.69, 9.17) is 15.9 Å². The molecule has 194 valence electrons. The van der Waals surface area contributed by atoms with Crippen molar-refractivity contribution in [2.24, 2.45) is 11.7 Å². The molecule has 4 unspecified atom stereocenters. The van der Waals surface area contributed by atoms with Crippen molar-refractivity contribution < 1.29 is 39.3 Å². The Bertz CT molecular complexity index is 878. The number of aliphatic hydroxyl groups excluding tert-OH is 1. The summed E-state index contributed by atoms with van der Waals surface area (Å²) in [5.41, 5.74) is 6.43. The van der Waals surface area contributed by atoms with Crippen LogP contribution in [0.2, 0.25) is 0 Å². The second-order valence-electron chi connectivity index (χ2n) is 8.56. The highest BCUT2D eigenvalue weighted by Gasteiger charge is 2.30. The fraction of sp³-hybridized carbons (Fsp3) is 0.522. The number of aliphatic carboxylic acids is 2. The summed E-state index contributed by atoms with van der Waals surface area (Å²) in [6, 6.07) is 3.72. The molecule has 4 atom stereocenters. The van der Waals surface area contributed by atoms with Crippen LogP contribution in [0, 0.1) is 5.92 Å². The Balaban J connectivity index is 3.05. The molecule has 12 nitrogen and oxygen atoms in total. The van der Waals surface area contributed by atoms with E-state index in [-0.39, 0.29) is 31.6 Å². The highest BCUT2D eigenvalue weighted by molar-refractivity contribution is 5.94. The standard InChI is InChI=1S/C23H34N4O8/c1-13(2)10-16(25-20(31)15(24)8-9-19(29)30)21(32)26-17(11-14-6-4-3-5-7-14)22(33)27-18(12-28)23(34)35/h3-7,13,15-18,28H,8-12,24H2,1-2H3,(H,25,31)(H,26,32)(H,27,33)(H,29,30)(H,34,35). The minimum atomic E-state index is -1.56. The van der Waals surface area contributed by atoms with Crippen molar-refractivity contribution in [2.45, 2.75) is 63.7 Å². The van der Waals surface area contributed by atoms with Gasteiger partial charge in [-0.2, -0.15) is 0 Å². The molecule has 35 heavy (non-hydrogen) atoms. The average molecular weight is 495 g/mol. The first-order chi connectivity index (χ1) is 16.4. The first-order valence-corrected chi connectivity index (χ1v) is 11.2. The molecule has 0 aliphatic heterocycles. The summed E-state index contributed by atoms with van der Waals surface area (Å²) in [5.74, 6) is -4.80. The zero-order valence-corrected chi connectivity index (χ0v) is 19.8. The van der Waals surface area contributed by atoms with Gasteiger partial charge in [0, 0.05) is 12.8 Å². The number of nitrogens with one attached hydrogen (secondary N) is 3. The lowest BCUT2D eigenvalue weighted by Crippen LogP contribution is -2.58. The summed E-state index contributed by atoms with van der Waals surface area (Å²) >= 11 is 0. The van der Waals surface area contributed by atoms with Gasteiger partial charge in [0.1, 0.15) is 18.1 Å². The Morgan fingerprint density at radius 3 is 1.91 bits per heavy atom. The first-order valence-electron chi connectivity index (χ1n) is 11.2. The van der Waals surface area contributed by atoms with Gasteiger partial charge in [0.15, 0.2) is 0 Å². The van der Waals surface area contributed by atoms with Gasteiger partial charge in [0.2, 0.25) is 17.7 Å². The van der Waals surface area contributed by atoms with Crippen molar-refractivity contribution in [3.05, 3.63) is 35.9 Å². The summed E-state index contributed by atoms with van der Waals surface area (Å²) < 4.78 is 0. The molecule has 0 aliphatic rings. The molecule has 3 amide bonds. The van der Waals surface area contributed by atoms with Crippen LogP contribution < -0.4 is 21.7 Å². The van der Waals surface area contributed by atoms with Crippen LogP contribution in [0.5, 0.6) is 0 Å². The number of rotatable bonds is 15. The molecule has 0 fully saturated rings. The quantitative estimate of drug-likeness (QED) is 0.159. The van der Waals surface area contributed by atoms with Crippen LogP contribution >= 0.6 is 0 Å². The van der Waals surface area contributed by atoms with Crippen LogP contribution in [-0.2, 0) is 30.4 Å². The molecule has 0 saturated carbocycles. The Kier molecular flexibility index (Phi) is 12.4. The zero-order chi connectivity index (χ0) is 26.5. The van der Waals surface area contributed by atoms with E-state index in [0.717, 1.165) is 0 Å². The monoisotopic (exact) mass is 494 g/mol. The maximum absolute atomic E-state index is 13.1. The van der Waals surface area contributed by atoms with Gasteiger partial charge in [-0.05, 0) is 24.3 Å². The minimum Gasteiger partial charge on any atom is -0.481 e. The van der Waals surface area contributed by atoms with Gasteiger partial charge in [-0.1, -0.05) is 44.2 Å². The van der Waals surface area contributed by atoms with Gasteiger partial charge in [-0.15, -0.1) is 0 Å². The molecular formula is C23H34N4O8. The number of carbonyl (C=O) groups is 5. The zero-order valence-electron chi connectivity index (χ0n) is 19.8. The van der Waals surface area contributed by atoms with Crippen molar-refractivity contribution in [3.63, 3.8) is 0 Å². The first kappa shape index (κ1) is 29.5. The molecule has 12 heteroatoms. The number of aliphatic hydroxyl groups is 1. The van der Waals surface area contributed by atoms with Crippen LogP contribution in [-0.4, -0.2) is 75.8 Å². The molecule has 0 aromatic heterocycles. The normalized spacial score (nSPS) is 14.3. The molecule has 1 rings (SSSR count). The van der Waals surface area contributed by atoms with Gasteiger partial charge in [-0.3, -0.25) is 19.2 Å². The van der Waals surface area contributed by atoms with Gasteiger partial charge in [0.25, 0.3) is 0 Å². The maximum Gasteiger partial charge on any atom is 0.328 e. The van der Waals surface area contributed by atoms with Crippen LogP contribution in [0.3, 0.4) is 0 Å². The molecule has 0 saturated heterocycles. The Labute approximate surface area is 203 Å². The summed E-state index contributed by atoms with van der Waals surface area (Å²) in [7, 11) is 0. The summed E-state index contributed by atoms with van der Waals surface area (Å²) in [6.45, 7) is 2.81. The van der Waals surface area contributed by atoms with E-state index < -0.39 is 60.4 Å². The molecule has 0 heterocycles. The van der Waals surface area contributed by atoms with Crippen molar-refractivity contribution in [2.75, 3.05) is 6.61 Å². The third-order valence-corrected chi connectivity index (χ3v) is 5.06. The van der Waals surface area contributed by atoms with Crippen LogP contribution in [0.15, 0.2) is 30.3 Å². The fourth-order valence-electron chi connectivity index (χ4n) is 3.18. The van der Waals surface area contributed by atoms with Crippen molar-refractivity contribution in [1.29, 1.82) is 0 Å². The van der Waals surface area contributed by atoms with Crippen molar-refractivity contribution in [3.8, 4) is 0 Å². The molecule has 0 bridgehead atoms. The summed E-state index contributed by atoms with van der Waals surface area (Å²) in [5, 5.41) is 34.4. The number of nitrogens with two attached hydrogens (primary N) is 1. The number of benzene rings is 1. The van der Waals surface area contributed by atoms with Crippen LogP contribution in [0.1, 0.15) is 38.7 Å². The molecule has 1 aromatic carbocycles. The number of hydrogen-bond donors (Lipinski definition) is 7. The van der Waals surface area contributed by atoms with E-state index >= 15 is 0 Å². The van der Waals surface area contributed by atoms with E-state index in [1.807, 2.05) is 13.8 Å². The van der Waals surface area contributed by atoms with E-state index in [1.54, 1.807) is 30.3 Å². The predicted molar refractivity (Wildman–Crippen MR) is 125 cm³/mol. The second kappa shape index (κ2) is 14.7. The number of amides is 3. The van der Waals surface area contributed by atoms with E-state index in [0.29, 0.717) is 5.56 Å². The Morgan fingerprint density at radius 1 is 0.857 bits per heavy atom. The molecule has 0 radical (unpaired) electrons. The molecular weight excluding hydrogens is 460 g/mol. The largest absolute Gasteiger partial charge is 0.481 e. The molecule has 1 aromatic rings. The lowest BCUT2D eigenvalue weighted by molar-refractivity contribution is -0.143. The molecule has 8 N–H and O–H groups in total. The van der Waals surface area contributed by atoms with E-state index in [9.17, 15) is 29.1 Å². The van der Waals surface area contributed by atoms with Gasteiger partial charge >= 0.3 is 11.9 Å². The van der Waals surface area contributed by atoms with Gasteiger partial charge in [-0.25, -0.2) is 4.79 Å². The Morgan fingerprint density at radius 2 is 1.40 bits per heavy atom. The van der Waals surface area contributed by atoms with Crippen LogP contribution in [0.4, 0.5) is 0 Å². The average Bonchev–Trinajstić information content (AvgIpc) is 2.79. The third kappa shape index (κ3) is 11.0. The van der Waals surface area contributed by atoms with Crippen LogP contribution in [0.25, 0.3) is 0 Å². The highest BCUT2D eigenvalue weighted by Crippen LogP contribution is 2.09. The van der Waals surface area contributed by atoms with Gasteiger partial charge in [0.05, 0.1) is 12.6 Å². The Hall–Kier alpha value is -3.51. The maximum atomic E-state index is 13.1. The SMILES string of the molecule is CC(C)CC(NC(=O)C(N)CCC(=O)O)C(=O)NC(Cc1ccccc1)C(=O)NC(CO)C(=O)O. The number of hydrogen-bond acceptors (Lipinski definition) is 7. The van der Waals surface area contributed by atoms with E-state index in [1.165, 1.54) is 0 Å². The predicted octanol–water partition coefficient (Wildman–Crippen LogP) is -1.00. The van der Waals surface area contributed by atoms with Crippen molar-refractivity contribution >= 4 is 29.7 Å². The second-order valence-corrected chi connectivity index (χ2v) is 8.56. The topological polar surface area (TPSA) is 208 Å². The van der Waals surface area contributed by atoms with Crippen molar-refractivity contribution in [1.82, 2.24) is 16.0 Å². The summed E-state index contributed by atoms with van der Waals surface area (Å²) in [6.07, 6.45) is -0.202. The minimum absolute atomic E-state index is 0.0245.